The van der Waals surface area contributed by atoms with Crippen LogP contribution in [0.3, 0.4) is 0 Å². The number of carbonyl (C=O) groups is 1. The van der Waals surface area contributed by atoms with Gasteiger partial charge in [0.2, 0.25) is 5.78 Å². The molecule has 3 heteroatoms. The summed E-state index contributed by atoms with van der Waals surface area (Å²) in [6.07, 6.45) is 0. The van der Waals surface area contributed by atoms with Gasteiger partial charge in [-0.2, -0.15) is 0 Å². The van der Waals surface area contributed by atoms with Gasteiger partial charge in [-0.1, -0.05) is 31.8 Å². The molecule has 0 aliphatic rings. The van der Waals surface area contributed by atoms with Crippen molar-refractivity contribution in [3.8, 4) is 11.5 Å². The molecule has 0 saturated heterocycles. The predicted molar refractivity (Wildman–Crippen MR) is 66.3 cm³/mol. The zero-order chi connectivity index (χ0) is 11.5. The lowest BCUT2D eigenvalue weighted by Gasteiger charge is -2.03. The summed E-state index contributed by atoms with van der Waals surface area (Å²) in [7, 11) is -1.49. The van der Waals surface area contributed by atoms with E-state index in [4.69, 9.17) is 5.73 Å². The van der Waals surface area contributed by atoms with Crippen LogP contribution in [0.5, 0.6) is 0 Å². The third-order valence-electron chi connectivity index (χ3n) is 1.76. The van der Waals surface area contributed by atoms with Crippen molar-refractivity contribution >= 4 is 19.5 Å². The van der Waals surface area contributed by atoms with Crippen LogP contribution in [0, 0.1) is 11.5 Å². The third kappa shape index (κ3) is 3.60. The van der Waals surface area contributed by atoms with E-state index in [-0.39, 0.29) is 5.78 Å². The number of para-hydroxylation sites is 1. The molecular formula is C12H15NOSi. The highest BCUT2D eigenvalue weighted by molar-refractivity contribution is 6.84. The number of Topliss-reactive ketones (excluding diaryl/α,β-unsaturated/α-hetero) is 1. The van der Waals surface area contributed by atoms with E-state index < -0.39 is 8.07 Å². The summed E-state index contributed by atoms with van der Waals surface area (Å²) in [4.78, 5) is 11.7. The highest BCUT2D eigenvalue weighted by Crippen LogP contribution is 2.10. The van der Waals surface area contributed by atoms with E-state index in [1.165, 1.54) is 0 Å². The van der Waals surface area contributed by atoms with Gasteiger partial charge in [0.1, 0.15) is 8.07 Å². The summed E-state index contributed by atoms with van der Waals surface area (Å²) in [6.45, 7) is 6.30. The van der Waals surface area contributed by atoms with Crippen LogP contribution in [-0.4, -0.2) is 13.9 Å². The van der Waals surface area contributed by atoms with E-state index in [0.717, 1.165) is 0 Å². The van der Waals surface area contributed by atoms with Gasteiger partial charge < -0.3 is 5.73 Å². The topological polar surface area (TPSA) is 43.1 Å². The number of hydrogen-bond acceptors (Lipinski definition) is 2. The lowest BCUT2D eigenvalue weighted by atomic mass is 10.1. The first-order chi connectivity index (χ1) is 6.90. The second kappa shape index (κ2) is 4.33. The summed E-state index contributed by atoms with van der Waals surface area (Å²) in [6, 6.07) is 7.01. The van der Waals surface area contributed by atoms with Crippen molar-refractivity contribution < 1.29 is 4.79 Å². The first-order valence-electron chi connectivity index (χ1n) is 4.82. The molecule has 1 aromatic carbocycles. The van der Waals surface area contributed by atoms with Gasteiger partial charge in [-0.05, 0) is 18.1 Å². The SMILES string of the molecule is C[Si](C)(C)C#CC(=O)c1ccccc1N. The highest BCUT2D eigenvalue weighted by atomic mass is 28.3. The number of nitrogen functional groups attached to an aromatic ring is 1. The fraction of sp³-hybridized carbons (Fsp3) is 0.250. The molecule has 0 amide bonds. The quantitative estimate of drug-likeness (QED) is 0.339. The van der Waals surface area contributed by atoms with E-state index in [1.807, 2.05) is 0 Å². The molecule has 2 nitrogen and oxygen atoms in total. The number of nitrogens with two attached hydrogens (primary N) is 1. The molecule has 0 aliphatic carbocycles. The van der Waals surface area contributed by atoms with Crippen LogP contribution in [0.4, 0.5) is 5.69 Å². The Hall–Kier alpha value is -1.53. The zero-order valence-electron chi connectivity index (χ0n) is 9.29. The van der Waals surface area contributed by atoms with E-state index in [2.05, 4.69) is 31.1 Å². The molecule has 0 radical (unpaired) electrons. The number of benzene rings is 1. The Morgan fingerprint density at radius 3 is 2.40 bits per heavy atom. The molecule has 0 aliphatic heterocycles. The van der Waals surface area contributed by atoms with Crippen molar-refractivity contribution in [3.05, 3.63) is 29.8 Å². The standard InChI is InChI=1S/C12H15NOSi/c1-15(2,3)9-8-12(14)10-6-4-5-7-11(10)13/h4-7H,13H2,1-3H3. The first-order valence-corrected chi connectivity index (χ1v) is 8.32. The fourth-order valence-electron chi connectivity index (χ4n) is 1.02. The molecule has 0 aromatic heterocycles. The van der Waals surface area contributed by atoms with E-state index >= 15 is 0 Å². The van der Waals surface area contributed by atoms with Gasteiger partial charge in [-0.3, -0.25) is 4.79 Å². The maximum absolute atomic E-state index is 11.7. The second-order valence-corrected chi connectivity index (χ2v) is 9.17. The Bertz CT molecular complexity index is 435. The van der Waals surface area contributed by atoms with Gasteiger partial charge in [0.05, 0.1) is 5.56 Å². The molecule has 78 valence electrons. The second-order valence-electron chi connectivity index (χ2n) is 4.42. The Balaban J connectivity index is 2.96. The molecule has 0 saturated carbocycles. The molecule has 1 aromatic rings. The summed E-state index contributed by atoms with van der Waals surface area (Å²) in [5.74, 6) is 2.49. The van der Waals surface area contributed by atoms with Gasteiger partial charge in [0, 0.05) is 5.69 Å². The zero-order valence-corrected chi connectivity index (χ0v) is 10.3. The Morgan fingerprint density at radius 2 is 1.87 bits per heavy atom. The minimum Gasteiger partial charge on any atom is -0.398 e. The molecule has 2 N–H and O–H groups in total. The molecule has 0 heterocycles. The van der Waals surface area contributed by atoms with Crippen molar-refractivity contribution in [2.24, 2.45) is 0 Å². The maximum atomic E-state index is 11.7. The van der Waals surface area contributed by atoms with Gasteiger partial charge in [-0.15, -0.1) is 5.54 Å². The minimum atomic E-state index is -1.49. The van der Waals surface area contributed by atoms with Crippen molar-refractivity contribution in [1.29, 1.82) is 0 Å². The van der Waals surface area contributed by atoms with Crippen LogP contribution in [0.25, 0.3) is 0 Å². The molecule has 0 fully saturated rings. The maximum Gasteiger partial charge on any atom is 0.237 e. The molecule has 0 bridgehead atoms. The van der Waals surface area contributed by atoms with Crippen molar-refractivity contribution in [2.75, 3.05) is 5.73 Å². The fourth-order valence-corrected chi connectivity index (χ4v) is 1.50. The number of rotatable bonds is 1. The average molecular weight is 217 g/mol. The van der Waals surface area contributed by atoms with Crippen molar-refractivity contribution in [1.82, 2.24) is 0 Å². The van der Waals surface area contributed by atoms with Gasteiger partial charge in [-0.25, -0.2) is 0 Å². The predicted octanol–water partition coefficient (Wildman–Crippen LogP) is 2.33. The largest absolute Gasteiger partial charge is 0.398 e. The number of anilines is 1. The number of carbonyl (C=O) groups excluding carboxylic acids is 1. The van der Waals surface area contributed by atoms with E-state index in [1.54, 1.807) is 24.3 Å². The average Bonchev–Trinajstić information content (AvgIpc) is 2.14. The first kappa shape index (κ1) is 11.5. The molecular weight excluding hydrogens is 202 g/mol. The smallest absolute Gasteiger partial charge is 0.237 e. The molecule has 0 spiro atoms. The van der Waals surface area contributed by atoms with Crippen molar-refractivity contribution in [2.45, 2.75) is 19.6 Å². The Labute approximate surface area is 91.5 Å². The normalized spacial score (nSPS) is 10.3. The lowest BCUT2D eigenvalue weighted by Crippen LogP contribution is -2.17. The minimum absolute atomic E-state index is 0.185. The van der Waals surface area contributed by atoms with Crippen LogP contribution in [0.1, 0.15) is 10.4 Å². The molecule has 0 unspecified atom stereocenters. The molecule has 0 atom stereocenters. The molecule has 15 heavy (non-hydrogen) atoms. The van der Waals surface area contributed by atoms with Gasteiger partial charge in [0.15, 0.2) is 0 Å². The summed E-state index contributed by atoms with van der Waals surface area (Å²) in [5, 5.41) is 0. The van der Waals surface area contributed by atoms with Crippen molar-refractivity contribution in [3.63, 3.8) is 0 Å². The van der Waals surface area contributed by atoms with Gasteiger partial charge >= 0.3 is 0 Å². The summed E-state index contributed by atoms with van der Waals surface area (Å²) >= 11 is 0. The third-order valence-corrected chi connectivity index (χ3v) is 2.63. The number of ketones is 1. The number of hydrogen-bond donors (Lipinski definition) is 1. The summed E-state index contributed by atoms with van der Waals surface area (Å²) in [5.41, 5.74) is 9.71. The van der Waals surface area contributed by atoms with Crippen LogP contribution in [-0.2, 0) is 0 Å². The Kier molecular flexibility index (Phi) is 3.33. The van der Waals surface area contributed by atoms with E-state index in [0.29, 0.717) is 11.3 Å². The highest BCUT2D eigenvalue weighted by Gasteiger charge is 2.10. The summed E-state index contributed by atoms with van der Waals surface area (Å²) < 4.78 is 0. The van der Waals surface area contributed by atoms with Crippen LogP contribution >= 0.6 is 0 Å². The van der Waals surface area contributed by atoms with Crippen LogP contribution in [0.15, 0.2) is 24.3 Å². The monoisotopic (exact) mass is 217 g/mol. The van der Waals surface area contributed by atoms with Crippen LogP contribution in [0.2, 0.25) is 19.6 Å². The Morgan fingerprint density at radius 1 is 1.27 bits per heavy atom. The van der Waals surface area contributed by atoms with E-state index in [9.17, 15) is 4.79 Å². The van der Waals surface area contributed by atoms with Crippen LogP contribution < -0.4 is 5.73 Å². The lowest BCUT2D eigenvalue weighted by molar-refractivity contribution is 0.105. The molecule has 1 rings (SSSR count). The van der Waals surface area contributed by atoms with Gasteiger partial charge in [0.25, 0.3) is 0 Å².